The quantitative estimate of drug-likeness (QED) is 0.513. The Kier molecular flexibility index (Phi) is 4.86. The first-order valence-electron chi connectivity index (χ1n) is 4.09. The fourth-order valence-corrected chi connectivity index (χ4v) is 2.88. The van der Waals surface area contributed by atoms with Crippen molar-refractivity contribution in [2.75, 3.05) is 0 Å². The van der Waals surface area contributed by atoms with E-state index in [1.165, 1.54) is 19.5 Å². The molecule has 0 spiro atoms. The number of hydrogen-bond acceptors (Lipinski definition) is 4. The van der Waals surface area contributed by atoms with Gasteiger partial charge in [0.15, 0.2) is 0 Å². The van der Waals surface area contributed by atoms with Crippen LogP contribution in [-0.4, -0.2) is 20.5 Å². The van der Waals surface area contributed by atoms with Crippen LogP contribution in [0, 0.1) is 0 Å². The molecule has 0 atom stereocenters. The second-order valence-electron chi connectivity index (χ2n) is 2.70. The molecule has 0 aliphatic carbocycles. The van der Waals surface area contributed by atoms with E-state index in [-0.39, 0.29) is 0 Å². The van der Waals surface area contributed by atoms with Crippen molar-refractivity contribution in [1.29, 1.82) is 0 Å². The van der Waals surface area contributed by atoms with E-state index in [9.17, 15) is 9.59 Å². The van der Waals surface area contributed by atoms with Crippen LogP contribution in [0.2, 0.25) is 6.04 Å². The minimum absolute atomic E-state index is 0.315. The molecule has 5 heteroatoms. The summed E-state index contributed by atoms with van der Waals surface area (Å²) in [6.07, 6.45) is 1.54. The van der Waals surface area contributed by atoms with E-state index in [4.69, 9.17) is 8.85 Å². The van der Waals surface area contributed by atoms with Gasteiger partial charge < -0.3 is 8.85 Å². The summed E-state index contributed by atoms with van der Waals surface area (Å²) < 4.78 is 10.0. The van der Waals surface area contributed by atoms with Crippen LogP contribution >= 0.6 is 0 Å². The average Bonchev–Trinajstić information content (AvgIpc) is 2.02. The number of carbonyl (C=O) groups is 2. The van der Waals surface area contributed by atoms with E-state index >= 15 is 0 Å². The minimum Gasteiger partial charge on any atom is -0.482 e. The summed E-state index contributed by atoms with van der Waals surface area (Å²) in [5.41, 5.74) is 1.40. The maximum absolute atomic E-state index is 10.8. The molecule has 4 nitrogen and oxygen atoms in total. The van der Waals surface area contributed by atoms with Crippen molar-refractivity contribution in [3.05, 3.63) is 24.9 Å². The van der Waals surface area contributed by atoms with E-state index in [1.54, 1.807) is 6.08 Å². The summed E-state index contributed by atoms with van der Waals surface area (Å²) in [4.78, 5) is 21.6. The van der Waals surface area contributed by atoms with E-state index < -0.39 is 20.5 Å². The highest BCUT2D eigenvalue weighted by molar-refractivity contribution is 6.75. The third-order valence-electron chi connectivity index (χ3n) is 1.37. The Bertz CT molecular complexity index is 244. The molecule has 0 N–H and O–H groups in total. The number of carbonyl (C=O) groups excluding carboxylic acids is 2. The lowest BCUT2D eigenvalue weighted by molar-refractivity contribution is -0.138. The molecule has 0 rings (SSSR count). The molecule has 0 amide bonds. The molecular weight excluding hydrogens is 200 g/mol. The van der Waals surface area contributed by atoms with Gasteiger partial charge >= 0.3 is 8.56 Å². The van der Waals surface area contributed by atoms with Gasteiger partial charge in [0.2, 0.25) is 0 Å². The largest absolute Gasteiger partial charge is 0.495 e. The Morgan fingerprint density at radius 1 is 1.21 bits per heavy atom. The lowest BCUT2D eigenvalue weighted by atomic mass is 10.8. The summed E-state index contributed by atoms with van der Waals surface area (Å²) in [6.45, 7) is 9.55. The molecule has 14 heavy (non-hydrogen) atoms. The van der Waals surface area contributed by atoms with Gasteiger partial charge in [-0.3, -0.25) is 9.59 Å². The molecule has 78 valence electrons. The Morgan fingerprint density at radius 3 is 1.86 bits per heavy atom. The zero-order valence-electron chi connectivity index (χ0n) is 8.41. The number of hydrogen-bond donors (Lipinski definition) is 0. The van der Waals surface area contributed by atoms with Crippen LogP contribution in [-0.2, 0) is 18.4 Å². The van der Waals surface area contributed by atoms with Crippen LogP contribution in [0.25, 0.3) is 0 Å². The van der Waals surface area contributed by atoms with Crippen molar-refractivity contribution >= 4 is 20.5 Å². The SMILES string of the molecule is C=CC[Si](C=C)(OC(C)=O)OC(C)=O. The summed E-state index contributed by atoms with van der Waals surface area (Å²) in [7, 11) is -2.95. The van der Waals surface area contributed by atoms with Crippen LogP contribution in [0.4, 0.5) is 0 Å². The number of rotatable bonds is 5. The Morgan fingerprint density at radius 2 is 1.64 bits per heavy atom. The predicted molar refractivity (Wildman–Crippen MR) is 54.5 cm³/mol. The molecule has 0 aliphatic rings. The Labute approximate surface area is 84.5 Å². The van der Waals surface area contributed by atoms with E-state index in [2.05, 4.69) is 13.2 Å². The standard InChI is InChI=1S/C9H14O4Si/c1-5-7-14(6-2,12-8(3)10)13-9(4)11/h5-6H,1-2,7H2,3-4H3. The minimum atomic E-state index is -2.95. The summed E-state index contributed by atoms with van der Waals surface area (Å²) in [5, 5.41) is 0. The zero-order valence-corrected chi connectivity index (χ0v) is 9.41. The van der Waals surface area contributed by atoms with Crippen molar-refractivity contribution in [2.24, 2.45) is 0 Å². The molecule has 0 radical (unpaired) electrons. The molecule has 0 aromatic rings. The molecule has 0 aromatic carbocycles. The van der Waals surface area contributed by atoms with Crippen molar-refractivity contribution in [3.63, 3.8) is 0 Å². The van der Waals surface area contributed by atoms with Gasteiger partial charge in [0, 0.05) is 19.9 Å². The third-order valence-corrected chi connectivity index (χ3v) is 4.12. The van der Waals surface area contributed by atoms with Crippen LogP contribution in [0.5, 0.6) is 0 Å². The third kappa shape index (κ3) is 4.04. The van der Waals surface area contributed by atoms with Gasteiger partial charge in [0.25, 0.3) is 11.9 Å². The molecule has 0 heterocycles. The van der Waals surface area contributed by atoms with Crippen molar-refractivity contribution in [3.8, 4) is 0 Å². The molecule has 0 saturated heterocycles. The Hall–Kier alpha value is -1.36. The lowest BCUT2D eigenvalue weighted by Gasteiger charge is -2.23. The second kappa shape index (κ2) is 5.38. The fourth-order valence-electron chi connectivity index (χ4n) is 0.959. The maximum Gasteiger partial charge on any atom is 0.495 e. The molecule has 0 bridgehead atoms. The monoisotopic (exact) mass is 214 g/mol. The first kappa shape index (κ1) is 12.6. The van der Waals surface area contributed by atoms with Gasteiger partial charge in [-0.05, 0) is 5.70 Å². The zero-order chi connectivity index (χ0) is 11.2. The summed E-state index contributed by atoms with van der Waals surface area (Å²) in [5.74, 6) is -0.973. The predicted octanol–water partition coefficient (Wildman–Crippen LogP) is 1.47. The first-order valence-corrected chi connectivity index (χ1v) is 6.19. The first-order chi connectivity index (χ1) is 6.45. The summed E-state index contributed by atoms with van der Waals surface area (Å²) in [6, 6.07) is 0.315. The lowest BCUT2D eigenvalue weighted by Crippen LogP contribution is -2.42. The van der Waals surface area contributed by atoms with Gasteiger partial charge in [-0.2, -0.15) is 0 Å². The Balaban J connectivity index is 4.75. The van der Waals surface area contributed by atoms with Gasteiger partial charge in [-0.1, -0.05) is 6.08 Å². The van der Waals surface area contributed by atoms with Gasteiger partial charge in [-0.15, -0.1) is 13.2 Å². The molecule has 0 unspecified atom stereocenters. The number of allylic oxidation sites excluding steroid dienone is 1. The second-order valence-corrected chi connectivity index (χ2v) is 5.54. The van der Waals surface area contributed by atoms with Crippen molar-refractivity contribution in [2.45, 2.75) is 19.9 Å². The normalized spacial score (nSPS) is 10.1. The van der Waals surface area contributed by atoms with Gasteiger partial charge in [0.1, 0.15) is 0 Å². The van der Waals surface area contributed by atoms with Crippen LogP contribution < -0.4 is 0 Å². The molecule has 0 aromatic heterocycles. The van der Waals surface area contributed by atoms with E-state index in [0.29, 0.717) is 6.04 Å². The van der Waals surface area contributed by atoms with Gasteiger partial charge in [0.05, 0.1) is 0 Å². The van der Waals surface area contributed by atoms with E-state index in [0.717, 1.165) is 0 Å². The highest BCUT2D eigenvalue weighted by Crippen LogP contribution is 2.16. The highest BCUT2D eigenvalue weighted by atomic mass is 28.4. The molecular formula is C9H14O4Si. The van der Waals surface area contributed by atoms with Crippen LogP contribution in [0.3, 0.4) is 0 Å². The smallest absolute Gasteiger partial charge is 0.482 e. The highest BCUT2D eigenvalue weighted by Gasteiger charge is 2.39. The fraction of sp³-hybridized carbons (Fsp3) is 0.333. The molecule has 0 fully saturated rings. The average molecular weight is 214 g/mol. The maximum atomic E-state index is 10.8. The van der Waals surface area contributed by atoms with Gasteiger partial charge in [-0.25, -0.2) is 0 Å². The topological polar surface area (TPSA) is 52.6 Å². The van der Waals surface area contributed by atoms with Crippen molar-refractivity contribution in [1.82, 2.24) is 0 Å². The summed E-state index contributed by atoms with van der Waals surface area (Å²) >= 11 is 0. The van der Waals surface area contributed by atoms with Crippen LogP contribution in [0.15, 0.2) is 24.9 Å². The molecule has 0 saturated carbocycles. The molecule has 0 aliphatic heterocycles. The van der Waals surface area contributed by atoms with E-state index in [1.807, 2.05) is 0 Å². The van der Waals surface area contributed by atoms with Crippen molar-refractivity contribution < 1.29 is 18.4 Å². The van der Waals surface area contributed by atoms with Crippen LogP contribution in [0.1, 0.15) is 13.8 Å².